The Morgan fingerprint density at radius 1 is 1.17 bits per heavy atom. The van der Waals surface area contributed by atoms with Gasteiger partial charge in [-0.05, 0) is 61.7 Å². The molecule has 216 valence electrons. The van der Waals surface area contributed by atoms with Gasteiger partial charge in [0.15, 0.2) is 11.5 Å². The van der Waals surface area contributed by atoms with E-state index in [1.165, 1.54) is 11.3 Å². The number of para-hydroxylation sites is 1. The van der Waals surface area contributed by atoms with Crippen LogP contribution < -0.4 is 20.1 Å². The minimum atomic E-state index is -0.186. The smallest absolute Gasteiger partial charge is 0.266 e. The van der Waals surface area contributed by atoms with Crippen molar-refractivity contribution < 1.29 is 19.0 Å². The van der Waals surface area contributed by atoms with Crippen molar-refractivity contribution in [3.63, 3.8) is 0 Å². The lowest BCUT2D eigenvalue weighted by atomic mass is 10.1. The van der Waals surface area contributed by atoms with E-state index in [9.17, 15) is 4.79 Å². The first-order valence-corrected chi connectivity index (χ1v) is 14.6. The van der Waals surface area contributed by atoms with Gasteiger partial charge in [0, 0.05) is 43.7 Å². The van der Waals surface area contributed by atoms with Crippen LogP contribution in [0.4, 0.5) is 5.69 Å². The zero-order chi connectivity index (χ0) is 28.8. The highest BCUT2D eigenvalue weighted by Gasteiger charge is 2.31. The molecule has 0 unspecified atom stereocenters. The molecule has 0 aliphatic carbocycles. The average molecular weight is 576 g/mol. The summed E-state index contributed by atoms with van der Waals surface area (Å²) in [5.41, 5.74) is 4.03. The maximum absolute atomic E-state index is 13.3. The number of nitrogens with one attached hydrogen (secondary N) is 3. The molecule has 1 aliphatic rings. The Morgan fingerprint density at radius 2 is 2.02 bits per heavy atom. The third kappa shape index (κ3) is 6.46. The number of likely N-dealkylation sites (N-methyl/N-ethyl adjacent to an activating group) is 1. The molecule has 0 saturated carbocycles. The summed E-state index contributed by atoms with van der Waals surface area (Å²) in [5, 5.41) is 16.9. The molecule has 2 aromatic carbocycles. The van der Waals surface area contributed by atoms with Crippen LogP contribution in [0.5, 0.6) is 11.5 Å². The number of amides is 1. The van der Waals surface area contributed by atoms with Gasteiger partial charge >= 0.3 is 0 Å². The fraction of sp³-hybridized carbons (Fsp3) is 0.355. The number of aryl methyl sites for hydroxylation is 1. The van der Waals surface area contributed by atoms with E-state index in [-0.39, 0.29) is 12.0 Å². The number of nitrogens with zero attached hydrogens (tertiary/aromatic N) is 2. The van der Waals surface area contributed by atoms with Crippen molar-refractivity contribution in [2.45, 2.75) is 25.5 Å². The monoisotopic (exact) mass is 575 g/mol. The number of hydrogen-bond donors (Lipinski definition) is 3. The molecule has 0 spiro atoms. The van der Waals surface area contributed by atoms with Gasteiger partial charge in [-0.25, -0.2) is 0 Å². The molecule has 1 fully saturated rings. The highest BCUT2D eigenvalue weighted by atomic mass is 32.1. The zero-order valence-electron chi connectivity index (χ0n) is 23.9. The minimum Gasteiger partial charge on any atom is -0.491 e. The number of aromatic nitrogens is 2. The third-order valence-electron chi connectivity index (χ3n) is 7.48. The molecule has 1 aliphatic heterocycles. The molecule has 10 heteroatoms. The summed E-state index contributed by atoms with van der Waals surface area (Å²) in [6, 6.07) is 14.1. The standard InChI is InChI=1S/C31H37N5O4S/c1-20-14-17-41-30(20)31(37)33-28-21(10-12-24-22-8-5-6-9-23(22)34-35-24)11-13-26(29(28)39-4)40-16-7-15-36-18-25(32-2)27(19-36)38-3/h5-6,8-14,17,25,27,32H,7,15-16,18-19H2,1-4H3,(H,33,37)(H,34,35)/b12-10+/t25-,27-/m1/s1. The number of ether oxygens (including phenoxy) is 3. The molecule has 3 heterocycles. The van der Waals surface area contributed by atoms with Gasteiger partial charge < -0.3 is 24.8 Å². The van der Waals surface area contributed by atoms with Gasteiger partial charge in [0.25, 0.3) is 5.91 Å². The zero-order valence-corrected chi connectivity index (χ0v) is 24.7. The molecule has 41 heavy (non-hydrogen) atoms. The number of anilines is 1. The Morgan fingerprint density at radius 3 is 2.76 bits per heavy atom. The highest BCUT2D eigenvalue weighted by molar-refractivity contribution is 7.12. The second kappa shape index (κ2) is 13.3. The molecule has 2 atom stereocenters. The van der Waals surface area contributed by atoms with Crippen molar-refractivity contribution in [3.05, 3.63) is 69.5 Å². The number of carbonyl (C=O) groups excluding carboxylic acids is 1. The minimum absolute atomic E-state index is 0.186. The fourth-order valence-corrected chi connectivity index (χ4v) is 6.06. The molecule has 4 aromatic rings. The van der Waals surface area contributed by atoms with Crippen molar-refractivity contribution in [1.29, 1.82) is 0 Å². The summed E-state index contributed by atoms with van der Waals surface area (Å²) >= 11 is 1.41. The molecule has 3 N–H and O–H groups in total. The largest absolute Gasteiger partial charge is 0.491 e. The Balaban J connectivity index is 1.36. The van der Waals surface area contributed by atoms with Crippen molar-refractivity contribution in [3.8, 4) is 11.5 Å². The number of fused-ring (bicyclic) bond motifs is 1. The Kier molecular flexibility index (Phi) is 9.35. The first kappa shape index (κ1) is 28.8. The van der Waals surface area contributed by atoms with Gasteiger partial charge in [-0.2, -0.15) is 5.10 Å². The third-order valence-corrected chi connectivity index (χ3v) is 8.49. The van der Waals surface area contributed by atoms with E-state index in [2.05, 4.69) is 25.7 Å². The van der Waals surface area contributed by atoms with E-state index in [4.69, 9.17) is 14.2 Å². The summed E-state index contributed by atoms with van der Waals surface area (Å²) in [6.45, 7) is 5.19. The lowest BCUT2D eigenvalue weighted by molar-refractivity contribution is 0.0913. The predicted molar refractivity (Wildman–Crippen MR) is 165 cm³/mol. The van der Waals surface area contributed by atoms with E-state index in [1.807, 2.05) is 74.0 Å². The van der Waals surface area contributed by atoms with Crippen molar-refractivity contribution in [1.82, 2.24) is 20.4 Å². The normalized spacial score (nSPS) is 17.5. The van der Waals surface area contributed by atoms with Crippen LogP contribution in [0, 0.1) is 6.92 Å². The number of methoxy groups -OCH3 is 2. The van der Waals surface area contributed by atoms with Crippen molar-refractivity contribution >= 4 is 46.0 Å². The van der Waals surface area contributed by atoms with E-state index in [0.717, 1.165) is 53.8 Å². The molecule has 2 aromatic heterocycles. The van der Waals surface area contributed by atoms with Gasteiger partial charge in [0.2, 0.25) is 0 Å². The van der Waals surface area contributed by atoms with Crippen LogP contribution >= 0.6 is 11.3 Å². The number of thiophene rings is 1. The topological polar surface area (TPSA) is 101 Å². The number of carbonyl (C=O) groups is 1. The number of hydrogen-bond acceptors (Lipinski definition) is 8. The van der Waals surface area contributed by atoms with Crippen LogP contribution in [0.25, 0.3) is 23.1 Å². The Labute approximate surface area is 244 Å². The molecule has 1 amide bonds. The second-order valence-electron chi connectivity index (χ2n) is 10.1. The van der Waals surface area contributed by atoms with Crippen LogP contribution in [0.2, 0.25) is 0 Å². The molecule has 5 rings (SSSR count). The van der Waals surface area contributed by atoms with Gasteiger partial charge in [0.05, 0.1) is 41.6 Å². The fourth-order valence-electron chi connectivity index (χ4n) is 5.24. The van der Waals surface area contributed by atoms with Crippen molar-refractivity contribution in [2.75, 3.05) is 52.8 Å². The summed E-state index contributed by atoms with van der Waals surface area (Å²) in [5.74, 6) is 0.878. The molecule has 9 nitrogen and oxygen atoms in total. The molecule has 0 radical (unpaired) electrons. The van der Waals surface area contributed by atoms with E-state index in [1.54, 1.807) is 14.2 Å². The quantitative estimate of drug-likeness (QED) is 0.203. The molecule has 1 saturated heterocycles. The summed E-state index contributed by atoms with van der Waals surface area (Å²) < 4.78 is 17.6. The number of benzene rings is 2. The maximum Gasteiger partial charge on any atom is 0.266 e. The van der Waals surface area contributed by atoms with Gasteiger partial charge in [-0.1, -0.05) is 24.3 Å². The Hall–Kier alpha value is -3.70. The number of rotatable bonds is 12. The molecule has 0 bridgehead atoms. The lowest BCUT2D eigenvalue weighted by Gasteiger charge is -2.19. The van der Waals surface area contributed by atoms with Gasteiger partial charge in [0.1, 0.15) is 0 Å². The molecular formula is C31H37N5O4S. The van der Waals surface area contributed by atoms with Crippen LogP contribution in [0.3, 0.4) is 0 Å². The van der Waals surface area contributed by atoms with Crippen molar-refractivity contribution in [2.24, 2.45) is 0 Å². The first-order chi connectivity index (χ1) is 20.0. The van der Waals surface area contributed by atoms with Gasteiger partial charge in [-0.15, -0.1) is 11.3 Å². The SMILES string of the molecule is CN[C@@H]1CN(CCCOc2ccc(/C=C/c3n[nH]c4ccccc34)c(NC(=O)c3sccc3C)c2OC)C[C@H]1OC. The number of H-pyrrole nitrogens is 1. The summed E-state index contributed by atoms with van der Waals surface area (Å²) in [4.78, 5) is 16.3. The summed E-state index contributed by atoms with van der Waals surface area (Å²) in [7, 11) is 5.33. The lowest BCUT2D eigenvalue weighted by Crippen LogP contribution is -2.37. The van der Waals surface area contributed by atoms with Crippen LogP contribution in [-0.2, 0) is 4.74 Å². The van der Waals surface area contributed by atoms with Crippen LogP contribution in [0.15, 0.2) is 47.8 Å². The van der Waals surface area contributed by atoms with E-state index >= 15 is 0 Å². The van der Waals surface area contributed by atoms with Crippen LogP contribution in [-0.4, -0.2) is 80.7 Å². The summed E-state index contributed by atoms with van der Waals surface area (Å²) in [6.07, 6.45) is 4.91. The first-order valence-electron chi connectivity index (χ1n) is 13.7. The number of aromatic amines is 1. The van der Waals surface area contributed by atoms with E-state index in [0.29, 0.717) is 34.7 Å². The van der Waals surface area contributed by atoms with Gasteiger partial charge in [-0.3, -0.25) is 14.8 Å². The second-order valence-corrected chi connectivity index (χ2v) is 11.0. The predicted octanol–water partition coefficient (Wildman–Crippen LogP) is 5.05. The highest BCUT2D eigenvalue weighted by Crippen LogP contribution is 2.40. The Bertz CT molecular complexity index is 1500. The maximum atomic E-state index is 13.3. The van der Waals surface area contributed by atoms with E-state index < -0.39 is 0 Å². The number of likely N-dealkylation sites (tertiary alicyclic amines) is 1. The average Bonchev–Trinajstić information content (AvgIpc) is 3.72. The van der Waals surface area contributed by atoms with Crippen LogP contribution in [0.1, 0.15) is 32.9 Å². The molecular weight excluding hydrogens is 538 g/mol.